The van der Waals surface area contributed by atoms with Crippen LogP contribution in [0, 0.1) is 6.92 Å². The highest BCUT2D eigenvalue weighted by atomic mass is 32.1. The van der Waals surface area contributed by atoms with Crippen LogP contribution in [0.5, 0.6) is 0 Å². The largest absolute Gasteiger partial charge is 0.444 e. The molecule has 5 nitrogen and oxygen atoms in total. The second-order valence-corrected chi connectivity index (χ2v) is 6.88. The number of hydrogen-bond acceptors (Lipinski definition) is 4. The molecule has 1 aromatic heterocycles. The molecule has 0 unspecified atom stereocenters. The lowest BCUT2D eigenvalue weighted by atomic mass is 10.0. The molecule has 3 N–H and O–H groups in total. The number of thiocarbonyl (C=S) groups is 1. The number of nitrogens with two attached hydrogens (primary N) is 1. The Morgan fingerprint density at radius 1 is 1.45 bits per heavy atom. The molecule has 0 fully saturated rings. The van der Waals surface area contributed by atoms with Gasteiger partial charge in [0.15, 0.2) is 0 Å². The molecule has 1 aromatic rings. The molecule has 0 saturated heterocycles. The van der Waals surface area contributed by atoms with Crippen molar-refractivity contribution in [3.8, 4) is 0 Å². The minimum absolute atomic E-state index is 0.0964. The highest BCUT2D eigenvalue weighted by molar-refractivity contribution is 7.80. The summed E-state index contributed by atoms with van der Waals surface area (Å²) < 4.78 is 5.30. The Morgan fingerprint density at radius 2 is 2.14 bits per heavy atom. The van der Waals surface area contributed by atoms with Crippen LogP contribution in [0.1, 0.15) is 44.9 Å². The second kappa shape index (κ2) is 8.08. The van der Waals surface area contributed by atoms with Gasteiger partial charge >= 0.3 is 6.09 Å². The summed E-state index contributed by atoms with van der Waals surface area (Å²) >= 11 is 4.92. The number of rotatable bonds is 6. The van der Waals surface area contributed by atoms with Gasteiger partial charge in [0.2, 0.25) is 0 Å². The first-order valence-electron chi connectivity index (χ1n) is 7.35. The zero-order valence-corrected chi connectivity index (χ0v) is 14.5. The van der Waals surface area contributed by atoms with Crippen LogP contribution in [-0.2, 0) is 11.2 Å². The number of aryl methyl sites for hydroxylation is 1. The fraction of sp³-hybridized carbons (Fsp3) is 0.562. The van der Waals surface area contributed by atoms with Gasteiger partial charge in [0.05, 0.1) is 4.99 Å². The summed E-state index contributed by atoms with van der Waals surface area (Å²) in [6.45, 7) is 7.44. The zero-order valence-electron chi connectivity index (χ0n) is 13.7. The van der Waals surface area contributed by atoms with Gasteiger partial charge in [-0.2, -0.15) is 0 Å². The zero-order chi connectivity index (χ0) is 16.8. The third-order valence-corrected chi connectivity index (χ3v) is 3.12. The lowest BCUT2D eigenvalue weighted by Gasteiger charge is -2.23. The third-order valence-electron chi connectivity index (χ3n) is 2.91. The number of amides is 1. The summed E-state index contributed by atoms with van der Waals surface area (Å²) in [4.78, 5) is 16.7. The Morgan fingerprint density at radius 3 is 2.64 bits per heavy atom. The van der Waals surface area contributed by atoms with Gasteiger partial charge in [0, 0.05) is 17.9 Å². The molecule has 0 aliphatic rings. The van der Waals surface area contributed by atoms with Crippen LogP contribution in [-0.4, -0.2) is 27.7 Å². The van der Waals surface area contributed by atoms with E-state index in [9.17, 15) is 4.79 Å². The normalized spacial score (nSPS) is 12.5. The fourth-order valence-corrected chi connectivity index (χ4v) is 2.04. The van der Waals surface area contributed by atoms with Crippen molar-refractivity contribution in [2.75, 3.05) is 0 Å². The molecule has 0 spiro atoms. The van der Waals surface area contributed by atoms with Gasteiger partial charge < -0.3 is 15.8 Å². The summed E-state index contributed by atoms with van der Waals surface area (Å²) in [5.74, 6) is 0. The van der Waals surface area contributed by atoms with Gasteiger partial charge in [0.25, 0.3) is 0 Å². The summed E-state index contributed by atoms with van der Waals surface area (Å²) in [7, 11) is 0. The molecule has 22 heavy (non-hydrogen) atoms. The van der Waals surface area contributed by atoms with Crippen molar-refractivity contribution in [1.82, 2.24) is 10.3 Å². The number of carbonyl (C=O) groups is 1. The molecule has 1 atom stereocenters. The lowest BCUT2D eigenvalue weighted by Crippen LogP contribution is -2.40. The van der Waals surface area contributed by atoms with Gasteiger partial charge in [-0.25, -0.2) is 4.79 Å². The SMILES string of the molecule is Cc1ccc(C[C@@H](CCC(N)=S)NC(=O)OC(C)(C)C)cn1. The predicted octanol–water partition coefficient (Wildman–Crippen LogP) is 2.89. The van der Waals surface area contributed by atoms with E-state index in [1.165, 1.54) is 0 Å². The highest BCUT2D eigenvalue weighted by Crippen LogP contribution is 2.11. The molecule has 0 aliphatic heterocycles. The summed E-state index contributed by atoms with van der Waals surface area (Å²) in [5.41, 5.74) is 7.05. The van der Waals surface area contributed by atoms with Crippen molar-refractivity contribution in [2.24, 2.45) is 5.73 Å². The number of nitrogens with one attached hydrogen (secondary N) is 1. The number of carbonyl (C=O) groups excluding carboxylic acids is 1. The average Bonchev–Trinajstić information content (AvgIpc) is 2.36. The van der Waals surface area contributed by atoms with E-state index in [1.807, 2.05) is 46.0 Å². The standard InChI is InChI=1S/C16H25N3O2S/c1-11-5-6-12(10-18-11)9-13(7-8-14(17)22)19-15(20)21-16(2,3)4/h5-6,10,13H,7-9H2,1-4H3,(H2,17,22)(H,19,20)/t13-/m1/s1. The Balaban J connectivity index is 2.68. The summed E-state index contributed by atoms with van der Waals surface area (Å²) in [6, 6.07) is 3.86. The first kappa shape index (κ1) is 18.4. The van der Waals surface area contributed by atoms with Gasteiger partial charge in [-0.05, 0) is 58.6 Å². The fourth-order valence-electron chi connectivity index (χ4n) is 1.92. The van der Waals surface area contributed by atoms with E-state index in [1.54, 1.807) is 0 Å². The van der Waals surface area contributed by atoms with E-state index in [4.69, 9.17) is 22.7 Å². The van der Waals surface area contributed by atoms with E-state index in [-0.39, 0.29) is 6.04 Å². The van der Waals surface area contributed by atoms with Crippen LogP contribution >= 0.6 is 12.2 Å². The van der Waals surface area contributed by atoms with Gasteiger partial charge in [-0.15, -0.1) is 0 Å². The number of nitrogens with zero attached hydrogens (tertiary/aromatic N) is 1. The topological polar surface area (TPSA) is 77.2 Å². The first-order chi connectivity index (χ1) is 10.2. The maximum Gasteiger partial charge on any atom is 0.407 e. The van der Waals surface area contributed by atoms with Gasteiger partial charge in [-0.1, -0.05) is 18.3 Å². The number of alkyl carbamates (subject to hydrolysis) is 1. The van der Waals surface area contributed by atoms with Crippen LogP contribution in [0.2, 0.25) is 0 Å². The maximum absolute atomic E-state index is 11.9. The number of ether oxygens (including phenoxy) is 1. The summed E-state index contributed by atoms with van der Waals surface area (Å²) in [5, 5.41) is 2.89. The second-order valence-electron chi connectivity index (χ2n) is 6.36. The summed E-state index contributed by atoms with van der Waals surface area (Å²) in [6.07, 6.45) is 3.30. The lowest BCUT2D eigenvalue weighted by molar-refractivity contribution is 0.0502. The molecule has 122 valence electrons. The number of aromatic nitrogens is 1. The molecule has 0 aliphatic carbocycles. The smallest absolute Gasteiger partial charge is 0.407 e. The molecule has 6 heteroatoms. The molecule has 0 radical (unpaired) electrons. The molecule has 0 bridgehead atoms. The average molecular weight is 323 g/mol. The van der Waals surface area contributed by atoms with E-state index < -0.39 is 11.7 Å². The molecule has 0 saturated carbocycles. The Bertz CT molecular complexity index is 509. The van der Waals surface area contributed by atoms with Crippen LogP contribution in [0.3, 0.4) is 0 Å². The van der Waals surface area contributed by atoms with Crippen molar-refractivity contribution in [3.63, 3.8) is 0 Å². The van der Waals surface area contributed by atoms with E-state index in [0.29, 0.717) is 24.3 Å². The molecule has 1 heterocycles. The van der Waals surface area contributed by atoms with Crippen molar-refractivity contribution in [2.45, 2.75) is 58.6 Å². The van der Waals surface area contributed by atoms with Crippen LogP contribution < -0.4 is 11.1 Å². The van der Waals surface area contributed by atoms with E-state index in [0.717, 1.165) is 11.3 Å². The van der Waals surface area contributed by atoms with Gasteiger partial charge in [-0.3, -0.25) is 4.98 Å². The van der Waals surface area contributed by atoms with Crippen molar-refractivity contribution in [1.29, 1.82) is 0 Å². The molecule has 1 amide bonds. The van der Waals surface area contributed by atoms with Crippen LogP contribution in [0.4, 0.5) is 4.79 Å². The third kappa shape index (κ3) is 7.93. The Hall–Kier alpha value is -1.69. The van der Waals surface area contributed by atoms with E-state index in [2.05, 4.69) is 10.3 Å². The predicted molar refractivity (Wildman–Crippen MR) is 91.9 cm³/mol. The Kier molecular flexibility index (Phi) is 6.74. The number of hydrogen-bond donors (Lipinski definition) is 2. The minimum Gasteiger partial charge on any atom is -0.444 e. The van der Waals surface area contributed by atoms with Gasteiger partial charge in [0.1, 0.15) is 5.60 Å². The quantitative estimate of drug-likeness (QED) is 0.787. The highest BCUT2D eigenvalue weighted by Gasteiger charge is 2.20. The molecular weight excluding hydrogens is 298 g/mol. The Labute approximate surface area is 137 Å². The molecule has 1 rings (SSSR count). The molecular formula is C16H25N3O2S. The van der Waals surface area contributed by atoms with Crippen LogP contribution in [0.15, 0.2) is 18.3 Å². The van der Waals surface area contributed by atoms with Crippen molar-refractivity contribution in [3.05, 3.63) is 29.6 Å². The van der Waals surface area contributed by atoms with Crippen molar-refractivity contribution >= 4 is 23.3 Å². The first-order valence-corrected chi connectivity index (χ1v) is 7.76. The van der Waals surface area contributed by atoms with E-state index >= 15 is 0 Å². The van der Waals surface area contributed by atoms with Crippen molar-refractivity contribution < 1.29 is 9.53 Å². The monoisotopic (exact) mass is 323 g/mol. The maximum atomic E-state index is 11.9. The number of pyridine rings is 1. The molecule has 0 aromatic carbocycles. The minimum atomic E-state index is -0.525. The van der Waals surface area contributed by atoms with Crippen LogP contribution in [0.25, 0.3) is 0 Å².